The van der Waals surface area contributed by atoms with Crippen LogP contribution in [0.2, 0.25) is 0 Å². The van der Waals surface area contributed by atoms with Crippen molar-refractivity contribution >= 4 is 11.9 Å². The number of carbonyl (C=O) groups excluding carboxylic acids is 1. The molecular weight excluding hydrogens is 268 g/mol. The minimum Gasteiger partial charge on any atom is -0.479 e. The number of amides is 1. The lowest BCUT2D eigenvalue weighted by atomic mass is 10.1. The summed E-state index contributed by atoms with van der Waals surface area (Å²) in [6, 6.07) is 15.3. The Balaban J connectivity index is 2.19. The summed E-state index contributed by atoms with van der Waals surface area (Å²) in [5.41, 5.74) is 1.23. The third kappa shape index (κ3) is 3.45. The number of hydrogen-bond acceptors (Lipinski definition) is 3. The second-order valence-electron chi connectivity index (χ2n) is 4.34. The van der Waals surface area contributed by atoms with Crippen LogP contribution in [-0.2, 0) is 4.79 Å². The predicted octanol–water partition coefficient (Wildman–Crippen LogP) is 2.11. The van der Waals surface area contributed by atoms with E-state index in [-0.39, 0.29) is 0 Å². The van der Waals surface area contributed by atoms with Gasteiger partial charge in [0.15, 0.2) is 6.04 Å². The van der Waals surface area contributed by atoms with E-state index in [4.69, 9.17) is 5.26 Å². The highest BCUT2D eigenvalue weighted by atomic mass is 16.4. The number of nitrogens with one attached hydrogen (secondary N) is 1. The number of rotatable bonds is 4. The predicted molar refractivity (Wildman–Crippen MR) is 75.4 cm³/mol. The van der Waals surface area contributed by atoms with Gasteiger partial charge in [0.1, 0.15) is 0 Å². The molecule has 0 spiro atoms. The topological polar surface area (TPSA) is 90.2 Å². The third-order valence-corrected chi connectivity index (χ3v) is 2.93. The van der Waals surface area contributed by atoms with Gasteiger partial charge in [0, 0.05) is 5.56 Å². The lowest BCUT2D eigenvalue weighted by Gasteiger charge is -2.14. The largest absolute Gasteiger partial charge is 0.479 e. The Bertz CT molecular complexity index is 688. The zero-order valence-corrected chi connectivity index (χ0v) is 11.0. The minimum absolute atomic E-state index is 0.302. The van der Waals surface area contributed by atoms with E-state index in [1.165, 1.54) is 24.3 Å². The van der Waals surface area contributed by atoms with Gasteiger partial charge in [-0.25, -0.2) is 4.79 Å². The Kier molecular flexibility index (Phi) is 4.32. The lowest BCUT2D eigenvalue weighted by molar-refractivity contribution is -0.139. The number of aliphatic carboxylic acids is 1. The van der Waals surface area contributed by atoms with Gasteiger partial charge in [-0.3, -0.25) is 4.79 Å². The van der Waals surface area contributed by atoms with Crippen LogP contribution in [0.1, 0.15) is 27.5 Å². The summed E-state index contributed by atoms with van der Waals surface area (Å²) in [6.45, 7) is 0. The van der Waals surface area contributed by atoms with Crippen molar-refractivity contribution in [3.63, 3.8) is 0 Å². The van der Waals surface area contributed by atoms with Gasteiger partial charge in [-0.1, -0.05) is 30.3 Å². The molecule has 1 amide bonds. The van der Waals surface area contributed by atoms with E-state index in [1.807, 2.05) is 6.07 Å². The van der Waals surface area contributed by atoms with Crippen molar-refractivity contribution in [1.82, 2.24) is 5.32 Å². The van der Waals surface area contributed by atoms with E-state index in [1.54, 1.807) is 30.3 Å². The van der Waals surface area contributed by atoms with Crippen molar-refractivity contribution in [3.8, 4) is 6.07 Å². The second kappa shape index (κ2) is 6.35. The Morgan fingerprint density at radius 1 is 1.05 bits per heavy atom. The number of carboxylic acids is 1. The van der Waals surface area contributed by atoms with E-state index in [9.17, 15) is 14.7 Å². The van der Waals surface area contributed by atoms with E-state index in [0.717, 1.165) is 0 Å². The highest BCUT2D eigenvalue weighted by Gasteiger charge is 2.22. The van der Waals surface area contributed by atoms with Crippen LogP contribution >= 0.6 is 0 Å². The lowest BCUT2D eigenvalue weighted by Crippen LogP contribution is -2.33. The van der Waals surface area contributed by atoms with Crippen LogP contribution in [0.3, 0.4) is 0 Å². The molecule has 2 aromatic rings. The van der Waals surface area contributed by atoms with Crippen molar-refractivity contribution in [1.29, 1.82) is 5.26 Å². The average Bonchev–Trinajstić information content (AvgIpc) is 2.53. The van der Waals surface area contributed by atoms with Crippen molar-refractivity contribution in [2.45, 2.75) is 6.04 Å². The molecule has 0 heterocycles. The Hall–Kier alpha value is -3.13. The van der Waals surface area contributed by atoms with E-state index < -0.39 is 17.9 Å². The van der Waals surface area contributed by atoms with Crippen LogP contribution in [-0.4, -0.2) is 17.0 Å². The van der Waals surface area contributed by atoms with Gasteiger partial charge >= 0.3 is 5.97 Å². The molecule has 0 bridgehead atoms. The van der Waals surface area contributed by atoms with Gasteiger partial charge < -0.3 is 10.4 Å². The summed E-state index contributed by atoms with van der Waals surface area (Å²) in [6.07, 6.45) is 0. The van der Waals surface area contributed by atoms with Gasteiger partial charge in [-0.2, -0.15) is 5.26 Å². The molecule has 104 valence electrons. The molecule has 0 fully saturated rings. The molecule has 0 aliphatic heterocycles. The molecule has 2 rings (SSSR count). The monoisotopic (exact) mass is 280 g/mol. The Morgan fingerprint density at radius 3 is 2.19 bits per heavy atom. The molecule has 5 heteroatoms. The second-order valence-corrected chi connectivity index (χ2v) is 4.34. The quantitative estimate of drug-likeness (QED) is 0.897. The maximum atomic E-state index is 12.1. The van der Waals surface area contributed by atoms with Gasteiger partial charge in [-0.15, -0.1) is 0 Å². The fourth-order valence-electron chi connectivity index (χ4n) is 1.84. The summed E-state index contributed by atoms with van der Waals surface area (Å²) in [5.74, 6) is -1.64. The number of nitrogens with zero attached hydrogens (tertiary/aromatic N) is 1. The molecule has 0 saturated carbocycles. The Morgan fingerprint density at radius 2 is 1.67 bits per heavy atom. The maximum absolute atomic E-state index is 12.1. The van der Waals surface area contributed by atoms with Crippen LogP contribution < -0.4 is 5.32 Å². The van der Waals surface area contributed by atoms with Crippen LogP contribution in [0.25, 0.3) is 0 Å². The maximum Gasteiger partial charge on any atom is 0.330 e. The fourth-order valence-corrected chi connectivity index (χ4v) is 1.84. The number of benzene rings is 2. The first-order valence-corrected chi connectivity index (χ1v) is 6.20. The zero-order chi connectivity index (χ0) is 15.2. The van der Waals surface area contributed by atoms with Crippen LogP contribution in [0.4, 0.5) is 0 Å². The van der Waals surface area contributed by atoms with Crippen molar-refractivity contribution in [2.75, 3.05) is 0 Å². The standard InChI is InChI=1S/C16H12N2O3/c17-10-11-6-8-13(9-7-11)15(19)18-14(16(20)21)12-4-2-1-3-5-12/h1-9,14H,(H,18,19)(H,20,21)/t14-/m1/s1. The molecule has 0 radical (unpaired) electrons. The highest BCUT2D eigenvalue weighted by molar-refractivity contribution is 5.96. The molecule has 1 atom stereocenters. The first-order chi connectivity index (χ1) is 10.1. The summed E-state index contributed by atoms with van der Waals surface area (Å²) < 4.78 is 0. The van der Waals surface area contributed by atoms with Crippen LogP contribution in [0.15, 0.2) is 54.6 Å². The molecule has 0 unspecified atom stereocenters. The number of nitriles is 1. The molecule has 2 aromatic carbocycles. The van der Waals surface area contributed by atoms with E-state index in [2.05, 4.69) is 5.32 Å². The first-order valence-electron chi connectivity index (χ1n) is 6.20. The summed E-state index contributed by atoms with van der Waals surface area (Å²) in [4.78, 5) is 23.4. The van der Waals surface area contributed by atoms with Crippen molar-refractivity contribution < 1.29 is 14.7 Å². The normalized spacial score (nSPS) is 11.2. The molecular formula is C16H12N2O3. The Labute approximate surface area is 121 Å². The molecule has 0 aromatic heterocycles. The molecule has 0 aliphatic carbocycles. The highest BCUT2D eigenvalue weighted by Crippen LogP contribution is 2.14. The van der Waals surface area contributed by atoms with Gasteiger partial charge in [0.05, 0.1) is 11.6 Å². The smallest absolute Gasteiger partial charge is 0.330 e. The number of carbonyl (C=O) groups is 2. The minimum atomic E-state index is -1.14. The van der Waals surface area contributed by atoms with Crippen molar-refractivity contribution in [3.05, 3.63) is 71.3 Å². The van der Waals surface area contributed by atoms with Gasteiger partial charge in [0.25, 0.3) is 5.91 Å². The van der Waals surface area contributed by atoms with Gasteiger partial charge in [0.2, 0.25) is 0 Å². The number of hydrogen-bond donors (Lipinski definition) is 2. The first kappa shape index (κ1) is 14.3. The molecule has 2 N–H and O–H groups in total. The number of carboxylic acid groups (broad SMARTS) is 1. The fraction of sp³-hybridized carbons (Fsp3) is 0.0625. The summed E-state index contributed by atoms with van der Waals surface area (Å²) >= 11 is 0. The average molecular weight is 280 g/mol. The summed E-state index contributed by atoms with van der Waals surface area (Å²) in [7, 11) is 0. The van der Waals surface area contributed by atoms with E-state index in [0.29, 0.717) is 16.7 Å². The van der Waals surface area contributed by atoms with Gasteiger partial charge in [-0.05, 0) is 29.8 Å². The molecule has 0 saturated heterocycles. The van der Waals surface area contributed by atoms with E-state index >= 15 is 0 Å². The zero-order valence-electron chi connectivity index (χ0n) is 11.0. The van der Waals surface area contributed by atoms with Crippen LogP contribution in [0.5, 0.6) is 0 Å². The molecule has 5 nitrogen and oxygen atoms in total. The summed E-state index contributed by atoms with van der Waals surface area (Å²) in [5, 5.41) is 20.4. The SMILES string of the molecule is N#Cc1ccc(C(=O)N[C@@H](C(=O)O)c2ccccc2)cc1. The van der Waals surface area contributed by atoms with Crippen LogP contribution in [0, 0.1) is 11.3 Å². The molecule has 21 heavy (non-hydrogen) atoms. The third-order valence-electron chi connectivity index (χ3n) is 2.93. The van der Waals surface area contributed by atoms with Crippen molar-refractivity contribution in [2.24, 2.45) is 0 Å². The molecule has 0 aliphatic rings.